The maximum Gasteiger partial charge on any atom is 0.337 e. The highest BCUT2D eigenvalue weighted by molar-refractivity contribution is 7.54. The van der Waals surface area contributed by atoms with Crippen molar-refractivity contribution in [3.63, 3.8) is 0 Å². The Kier molecular flexibility index (Phi) is 10.6. The summed E-state index contributed by atoms with van der Waals surface area (Å²) in [5.74, 6) is -0.784. The molecule has 3 atom stereocenters. The Bertz CT molecular complexity index is 818. The second-order valence-electron chi connectivity index (χ2n) is 7.63. The molecule has 6 nitrogen and oxygen atoms in total. The minimum Gasteiger partial charge on any atom is -0.376 e. The lowest BCUT2D eigenvalue weighted by molar-refractivity contribution is -0.129. The Labute approximate surface area is 185 Å². The van der Waals surface area contributed by atoms with Crippen molar-refractivity contribution in [1.29, 1.82) is 0 Å². The van der Waals surface area contributed by atoms with E-state index in [1.165, 1.54) is 14.2 Å². The highest BCUT2D eigenvalue weighted by Gasteiger charge is 2.35. The van der Waals surface area contributed by atoms with Crippen LogP contribution in [-0.4, -0.2) is 38.9 Å². The van der Waals surface area contributed by atoms with Crippen LogP contribution in [0.4, 0.5) is 0 Å². The van der Waals surface area contributed by atoms with E-state index < -0.39 is 19.6 Å². The van der Waals surface area contributed by atoms with E-state index in [1.54, 1.807) is 6.92 Å². The van der Waals surface area contributed by atoms with Crippen molar-refractivity contribution in [3.05, 3.63) is 71.8 Å². The zero-order valence-electron chi connectivity index (χ0n) is 18.7. The van der Waals surface area contributed by atoms with Gasteiger partial charge in [0.25, 0.3) is 0 Å². The van der Waals surface area contributed by atoms with Crippen LogP contribution in [0.5, 0.6) is 0 Å². The summed E-state index contributed by atoms with van der Waals surface area (Å²) < 4.78 is 34.4. The van der Waals surface area contributed by atoms with Gasteiger partial charge in [0, 0.05) is 26.1 Å². The molecule has 0 spiro atoms. The van der Waals surface area contributed by atoms with Crippen molar-refractivity contribution in [3.8, 4) is 0 Å². The lowest BCUT2D eigenvalue weighted by atomic mass is 9.91. The van der Waals surface area contributed by atoms with Gasteiger partial charge in [0.15, 0.2) is 0 Å². The fraction of sp³-hybridized carbons (Fsp3) is 0.458. The Morgan fingerprint density at radius 3 is 1.90 bits per heavy atom. The van der Waals surface area contributed by atoms with Crippen molar-refractivity contribution in [2.45, 2.75) is 33.2 Å². The first-order valence-electron chi connectivity index (χ1n) is 10.4. The van der Waals surface area contributed by atoms with Gasteiger partial charge in [0.05, 0.1) is 25.9 Å². The Morgan fingerprint density at radius 2 is 1.39 bits per heavy atom. The van der Waals surface area contributed by atoms with E-state index in [2.05, 4.69) is 0 Å². The molecule has 0 amide bonds. The maximum absolute atomic E-state index is 12.9. The minimum atomic E-state index is -3.44. The average Bonchev–Trinajstić information content (AvgIpc) is 2.80. The van der Waals surface area contributed by atoms with Crippen molar-refractivity contribution in [2.24, 2.45) is 11.8 Å². The van der Waals surface area contributed by atoms with Gasteiger partial charge in [-0.25, -0.2) is 0 Å². The molecule has 0 unspecified atom stereocenters. The maximum atomic E-state index is 12.9. The van der Waals surface area contributed by atoms with E-state index in [9.17, 15) is 9.36 Å². The fourth-order valence-electron chi connectivity index (χ4n) is 3.32. The lowest BCUT2D eigenvalue weighted by Gasteiger charge is -2.29. The van der Waals surface area contributed by atoms with Gasteiger partial charge in [-0.05, 0) is 11.1 Å². The van der Waals surface area contributed by atoms with E-state index in [1.807, 2.05) is 67.6 Å². The molecule has 0 N–H and O–H groups in total. The van der Waals surface area contributed by atoms with Gasteiger partial charge in [0.2, 0.25) is 0 Å². The number of carbonyl (C=O) groups is 1. The van der Waals surface area contributed by atoms with Crippen LogP contribution in [0.2, 0.25) is 0 Å². The standard InChI is InChI=1S/C24H33O6P/c1-19(15-29-16-21-11-7-5-8-12-21)24(30-17-22-13-9-6-10-14-22)20(2)23(25)18-31(26,27-3)28-4/h5-14,19-20,24H,15-18H2,1-4H3/t19-,20+,24-/m1/s1. The van der Waals surface area contributed by atoms with Crippen LogP contribution >= 0.6 is 7.60 Å². The molecule has 0 aliphatic rings. The number of hydrogen-bond donors (Lipinski definition) is 0. The van der Waals surface area contributed by atoms with Crippen molar-refractivity contribution < 1.29 is 27.9 Å². The van der Waals surface area contributed by atoms with Gasteiger partial charge < -0.3 is 18.5 Å². The Hall–Kier alpha value is -1.82. The van der Waals surface area contributed by atoms with Crippen LogP contribution in [0, 0.1) is 11.8 Å². The second kappa shape index (κ2) is 12.9. The molecule has 0 heterocycles. The zero-order chi connectivity index (χ0) is 22.7. The van der Waals surface area contributed by atoms with E-state index in [4.69, 9.17) is 18.5 Å². The second-order valence-corrected chi connectivity index (χ2v) is 9.90. The van der Waals surface area contributed by atoms with Gasteiger partial charge >= 0.3 is 7.60 Å². The van der Waals surface area contributed by atoms with Crippen LogP contribution in [0.1, 0.15) is 25.0 Å². The van der Waals surface area contributed by atoms with Crippen LogP contribution in [0.15, 0.2) is 60.7 Å². The Balaban J connectivity index is 2.04. The van der Waals surface area contributed by atoms with Gasteiger partial charge in [0.1, 0.15) is 11.9 Å². The summed E-state index contributed by atoms with van der Waals surface area (Å²) in [6.07, 6.45) is -0.699. The van der Waals surface area contributed by atoms with E-state index in [0.29, 0.717) is 19.8 Å². The van der Waals surface area contributed by atoms with Crippen molar-refractivity contribution in [1.82, 2.24) is 0 Å². The lowest BCUT2D eigenvalue weighted by Crippen LogP contribution is -2.37. The van der Waals surface area contributed by atoms with Crippen LogP contribution in [0.3, 0.4) is 0 Å². The molecule has 7 heteroatoms. The molecule has 0 radical (unpaired) electrons. The number of ether oxygens (including phenoxy) is 2. The average molecular weight is 448 g/mol. The van der Waals surface area contributed by atoms with Gasteiger partial charge in [-0.15, -0.1) is 0 Å². The molecule has 170 valence electrons. The topological polar surface area (TPSA) is 71.1 Å². The quantitative estimate of drug-likeness (QED) is 0.374. The third-order valence-electron chi connectivity index (χ3n) is 5.24. The zero-order valence-corrected chi connectivity index (χ0v) is 19.6. The smallest absolute Gasteiger partial charge is 0.337 e. The molecule has 0 bridgehead atoms. The normalized spacial score (nSPS) is 14.7. The minimum absolute atomic E-state index is 0.0594. The van der Waals surface area contributed by atoms with Crippen LogP contribution in [-0.2, 0) is 41.1 Å². The van der Waals surface area contributed by atoms with E-state index in [-0.39, 0.29) is 17.9 Å². The number of carbonyl (C=O) groups excluding carboxylic acids is 1. The molecular weight excluding hydrogens is 415 g/mol. The summed E-state index contributed by atoms with van der Waals surface area (Å²) in [5, 5.41) is 0. The molecule has 0 fully saturated rings. The molecule has 2 rings (SSSR count). The van der Waals surface area contributed by atoms with Crippen molar-refractivity contribution in [2.75, 3.05) is 27.0 Å². The third-order valence-corrected chi connectivity index (χ3v) is 7.06. The fourth-order valence-corrected chi connectivity index (χ4v) is 4.40. The van der Waals surface area contributed by atoms with Gasteiger partial charge in [-0.3, -0.25) is 9.36 Å². The number of rotatable bonds is 14. The molecule has 0 aliphatic heterocycles. The summed E-state index contributed by atoms with van der Waals surface area (Å²) >= 11 is 0. The summed E-state index contributed by atoms with van der Waals surface area (Å²) in [4.78, 5) is 12.9. The van der Waals surface area contributed by atoms with Crippen LogP contribution in [0.25, 0.3) is 0 Å². The highest BCUT2D eigenvalue weighted by atomic mass is 31.2. The molecule has 2 aromatic carbocycles. The van der Waals surface area contributed by atoms with Crippen LogP contribution < -0.4 is 0 Å². The highest BCUT2D eigenvalue weighted by Crippen LogP contribution is 2.46. The first kappa shape index (κ1) is 25.4. The Morgan fingerprint density at radius 1 is 0.871 bits per heavy atom. The number of benzene rings is 2. The van der Waals surface area contributed by atoms with E-state index >= 15 is 0 Å². The monoisotopic (exact) mass is 448 g/mol. The predicted octanol–water partition coefficient (Wildman–Crippen LogP) is 5.12. The molecule has 0 saturated heterocycles. The SMILES string of the molecule is COP(=O)(CC(=O)[C@H](C)[C@H](OCc1ccccc1)[C@H](C)COCc1ccccc1)OC. The van der Waals surface area contributed by atoms with Crippen molar-refractivity contribution >= 4 is 13.4 Å². The largest absolute Gasteiger partial charge is 0.376 e. The molecule has 0 aromatic heterocycles. The molecule has 0 saturated carbocycles. The van der Waals surface area contributed by atoms with E-state index in [0.717, 1.165) is 11.1 Å². The summed E-state index contributed by atoms with van der Waals surface area (Å²) in [7, 11) is -0.869. The molecular formula is C24H33O6P. The van der Waals surface area contributed by atoms with Gasteiger partial charge in [-0.2, -0.15) is 0 Å². The first-order chi connectivity index (χ1) is 14.9. The number of ketones is 1. The number of hydrogen-bond acceptors (Lipinski definition) is 6. The molecule has 0 aliphatic carbocycles. The first-order valence-corrected chi connectivity index (χ1v) is 12.1. The summed E-state index contributed by atoms with van der Waals surface area (Å²) in [6, 6.07) is 19.7. The summed E-state index contributed by atoms with van der Waals surface area (Å²) in [6.45, 7) is 5.08. The predicted molar refractivity (Wildman–Crippen MR) is 121 cm³/mol. The molecule has 2 aromatic rings. The summed E-state index contributed by atoms with van der Waals surface area (Å²) in [5.41, 5.74) is 2.10. The third kappa shape index (κ3) is 8.32. The number of Topliss-reactive ketones (excluding diaryl/α,β-unsaturated/α-hetero) is 1. The molecule has 31 heavy (non-hydrogen) atoms. The van der Waals surface area contributed by atoms with Gasteiger partial charge in [-0.1, -0.05) is 74.5 Å².